The Morgan fingerprint density at radius 3 is 1.54 bits per heavy atom. The Morgan fingerprint density at radius 1 is 0.607 bits per heavy atom. The molecule has 2 nitrogen and oxygen atoms in total. The third-order valence-corrected chi connectivity index (χ3v) is 5.57. The number of hydrogen-bond donors (Lipinski definition) is 0. The predicted molar refractivity (Wildman–Crippen MR) is 124 cm³/mol. The number of unbranched alkanes of at least 4 members (excludes halogenated alkanes) is 15. The molecule has 0 spiro atoms. The number of ether oxygens (including phenoxy) is 1. The van der Waals surface area contributed by atoms with Crippen molar-refractivity contribution in [1.82, 2.24) is 0 Å². The summed E-state index contributed by atoms with van der Waals surface area (Å²) in [5, 5.41) is 0. The maximum absolute atomic E-state index is 11.7. The zero-order valence-electron chi connectivity index (χ0n) is 20.0. The molecule has 0 aliphatic rings. The SMILES string of the molecule is CCCCCCCCCCCCCC(=O)OCCCCCCCCC(C)(C)C. The highest BCUT2D eigenvalue weighted by molar-refractivity contribution is 5.69. The second-order valence-electron chi connectivity index (χ2n) is 9.94. The minimum atomic E-state index is 0.0149. The molecule has 0 N–H and O–H groups in total. The number of esters is 1. The van der Waals surface area contributed by atoms with Gasteiger partial charge in [0.1, 0.15) is 0 Å². The molecule has 0 amide bonds. The van der Waals surface area contributed by atoms with E-state index in [0.29, 0.717) is 18.4 Å². The van der Waals surface area contributed by atoms with Gasteiger partial charge in [0.05, 0.1) is 6.61 Å². The Bertz CT molecular complexity index is 330. The zero-order chi connectivity index (χ0) is 20.9. The summed E-state index contributed by atoms with van der Waals surface area (Å²) in [5.74, 6) is 0.0149. The highest BCUT2D eigenvalue weighted by atomic mass is 16.5. The van der Waals surface area contributed by atoms with Crippen molar-refractivity contribution in [1.29, 1.82) is 0 Å². The summed E-state index contributed by atoms with van der Waals surface area (Å²) in [5.41, 5.74) is 0.474. The van der Waals surface area contributed by atoms with E-state index >= 15 is 0 Å². The molecule has 2 heteroatoms. The van der Waals surface area contributed by atoms with Gasteiger partial charge in [0.15, 0.2) is 0 Å². The Morgan fingerprint density at radius 2 is 1.04 bits per heavy atom. The summed E-state index contributed by atoms with van der Waals surface area (Å²) in [6.45, 7) is 9.85. The fourth-order valence-electron chi connectivity index (χ4n) is 3.66. The van der Waals surface area contributed by atoms with Crippen molar-refractivity contribution >= 4 is 5.97 Å². The molecule has 0 rings (SSSR count). The van der Waals surface area contributed by atoms with Crippen LogP contribution in [-0.4, -0.2) is 12.6 Å². The lowest BCUT2D eigenvalue weighted by Gasteiger charge is -2.17. The van der Waals surface area contributed by atoms with Gasteiger partial charge in [-0.05, 0) is 24.7 Å². The van der Waals surface area contributed by atoms with Gasteiger partial charge in [-0.2, -0.15) is 0 Å². The first-order chi connectivity index (χ1) is 13.5. The Kier molecular flexibility index (Phi) is 19.4. The van der Waals surface area contributed by atoms with Crippen molar-refractivity contribution in [3.05, 3.63) is 0 Å². The summed E-state index contributed by atoms with van der Waals surface area (Å²) < 4.78 is 5.37. The summed E-state index contributed by atoms with van der Waals surface area (Å²) in [6, 6.07) is 0. The van der Waals surface area contributed by atoms with Crippen LogP contribution in [0.4, 0.5) is 0 Å². The lowest BCUT2D eigenvalue weighted by Crippen LogP contribution is -2.05. The molecule has 0 bridgehead atoms. The van der Waals surface area contributed by atoms with Crippen LogP contribution in [-0.2, 0) is 9.53 Å². The highest BCUT2D eigenvalue weighted by Crippen LogP contribution is 2.22. The van der Waals surface area contributed by atoms with Crippen molar-refractivity contribution < 1.29 is 9.53 Å². The Labute approximate surface area is 177 Å². The topological polar surface area (TPSA) is 26.3 Å². The first kappa shape index (κ1) is 27.5. The van der Waals surface area contributed by atoms with Crippen LogP contribution in [0.3, 0.4) is 0 Å². The molecule has 0 heterocycles. The summed E-state index contributed by atoms with van der Waals surface area (Å²) in [6.07, 6.45) is 24.0. The second kappa shape index (κ2) is 19.8. The van der Waals surface area contributed by atoms with Crippen LogP contribution in [0.5, 0.6) is 0 Å². The van der Waals surface area contributed by atoms with Crippen LogP contribution in [0.2, 0.25) is 0 Å². The second-order valence-corrected chi connectivity index (χ2v) is 9.94. The smallest absolute Gasteiger partial charge is 0.305 e. The average molecular weight is 397 g/mol. The van der Waals surface area contributed by atoms with E-state index in [2.05, 4.69) is 27.7 Å². The van der Waals surface area contributed by atoms with Gasteiger partial charge in [0.25, 0.3) is 0 Å². The van der Waals surface area contributed by atoms with Gasteiger partial charge >= 0.3 is 5.97 Å². The van der Waals surface area contributed by atoms with Gasteiger partial charge in [0.2, 0.25) is 0 Å². The number of hydrogen-bond acceptors (Lipinski definition) is 2. The molecular formula is C26H52O2. The molecule has 168 valence electrons. The maximum atomic E-state index is 11.7. The zero-order valence-corrected chi connectivity index (χ0v) is 20.0. The molecule has 0 aromatic rings. The minimum Gasteiger partial charge on any atom is -0.466 e. The van der Waals surface area contributed by atoms with Crippen molar-refractivity contribution in [2.75, 3.05) is 6.61 Å². The molecule has 0 fully saturated rings. The normalized spacial score (nSPS) is 11.7. The highest BCUT2D eigenvalue weighted by Gasteiger charge is 2.08. The third kappa shape index (κ3) is 23.5. The summed E-state index contributed by atoms with van der Waals surface area (Å²) >= 11 is 0. The third-order valence-electron chi connectivity index (χ3n) is 5.57. The lowest BCUT2D eigenvalue weighted by atomic mass is 9.89. The van der Waals surface area contributed by atoms with Crippen molar-refractivity contribution in [3.8, 4) is 0 Å². The molecule has 0 atom stereocenters. The van der Waals surface area contributed by atoms with Crippen LogP contribution in [0.15, 0.2) is 0 Å². The lowest BCUT2D eigenvalue weighted by molar-refractivity contribution is -0.143. The molecule has 0 aromatic carbocycles. The van der Waals surface area contributed by atoms with Crippen LogP contribution in [0.1, 0.15) is 150 Å². The van der Waals surface area contributed by atoms with E-state index in [-0.39, 0.29) is 5.97 Å². The van der Waals surface area contributed by atoms with Gasteiger partial charge < -0.3 is 4.74 Å². The number of rotatable bonds is 20. The van der Waals surface area contributed by atoms with Crippen LogP contribution in [0, 0.1) is 5.41 Å². The van der Waals surface area contributed by atoms with Crippen molar-refractivity contribution in [2.45, 2.75) is 150 Å². The van der Waals surface area contributed by atoms with Crippen LogP contribution >= 0.6 is 0 Å². The van der Waals surface area contributed by atoms with E-state index in [4.69, 9.17) is 4.74 Å². The molecule has 0 radical (unpaired) electrons. The van der Waals surface area contributed by atoms with Gasteiger partial charge in [-0.1, -0.05) is 124 Å². The Balaban J connectivity index is 3.19. The number of carbonyl (C=O) groups is 1. The fraction of sp³-hybridized carbons (Fsp3) is 0.962. The monoisotopic (exact) mass is 396 g/mol. The average Bonchev–Trinajstić information content (AvgIpc) is 2.64. The Hall–Kier alpha value is -0.530. The first-order valence-corrected chi connectivity index (χ1v) is 12.6. The maximum Gasteiger partial charge on any atom is 0.305 e. The van der Waals surface area contributed by atoms with E-state index in [0.717, 1.165) is 12.8 Å². The van der Waals surface area contributed by atoms with Crippen LogP contribution < -0.4 is 0 Å². The van der Waals surface area contributed by atoms with Crippen LogP contribution in [0.25, 0.3) is 0 Å². The quantitative estimate of drug-likeness (QED) is 0.151. The molecule has 0 saturated carbocycles. The molecular weight excluding hydrogens is 344 g/mol. The largest absolute Gasteiger partial charge is 0.466 e. The van der Waals surface area contributed by atoms with Gasteiger partial charge in [0, 0.05) is 6.42 Å². The minimum absolute atomic E-state index is 0.0149. The van der Waals surface area contributed by atoms with E-state index in [9.17, 15) is 4.79 Å². The van der Waals surface area contributed by atoms with E-state index in [1.54, 1.807) is 0 Å². The summed E-state index contributed by atoms with van der Waals surface area (Å²) in [7, 11) is 0. The van der Waals surface area contributed by atoms with Gasteiger partial charge in [-0.25, -0.2) is 0 Å². The predicted octanol–water partition coefficient (Wildman–Crippen LogP) is 9.01. The molecule has 0 aromatic heterocycles. The van der Waals surface area contributed by atoms with E-state index in [1.165, 1.54) is 103 Å². The van der Waals surface area contributed by atoms with Crippen molar-refractivity contribution in [3.63, 3.8) is 0 Å². The first-order valence-electron chi connectivity index (χ1n) is 12.6. The molecule has 0 unspecified atom stereocenters. The summed E-state index contributed by atoms with van der Waals surface area (Å²) in [4.78, 5) is 11.7. The van der Waals surface area contributed by atoms with Gasteiger partial charge in [-0.3, -0.25) is 4.79 Å². The molecule has 28 heavy (non-hydrogen) atoms. The molecule has 0 aliphatic carbocycles. The molecule has 0 saturated heterocycles. The fourth-order valence-corrected chi connectivity index (χ4v) is 3.66. The molecule has 0 aliphatic heterocycles. The van der Waals surface area contributed by atoms with Gasteiger partial charge in [-0.15, -0.1) is 0 Å². The number of carbonyl (C=O) groups excluding carboxylic acids is 1. The standard InChI is InChI=1S/C26H52O2/c1-5-6-7-8-9-10-11-12-13-16-19-22-25(27)28-24-21-18-15-14-17-20-23-26(2,3)4/h5-24H2,1-4H3. The van der Waals surface area contributed by atoms with E-state index in [1.807, 2.05) is 0 Å². The van der Waals surface area contributed by atoms with Crippen molar-refractivity contribution in [2.24, 2.45) is 5.41 Å². The van der Waals surface area contributed by atoms with E-state index < -0.39 is 0 Å².